The fourth-order valence-corrected chi connectivity index (χ4v) is 5.82. The van der Waals surface area contributed by atoms with Gasteiger partial charge < -0.3 is 20.9 Å². The second-order valence-corrected chi connectivity index (χ2v) is 12.2. The molecule has 2 aliphatic heterocycles. The Hall–Kier alpha value is -3.40. The van der Waals surface area contributed by atoms with Crippen LogP contribution in [0.15, 0.2) is 18.2 Å². The summed E-state index contributed by atoms with van der Waals surface area (Å²) in [6, 6.07) is 5.65. The largest absolute Gasteiger partial charge is 0.382 e. The third-order valence-electron chi connectivity index (χ3n) is 8.40. The number of rotatable bonds is 8. The summed E-state index contributed by atoms with van der Waals surface area (Å²) in [5.74, 6) is 0.271. The summed E-state index contributed by atoms with van der Waals surface area (Å²) in [4.78, 5) is 43.8. The molecule has 3 N–H and O–H groups in total. The predicted octanol–water partition coefficient (Wildman–Crippen LogP) is 2.43. The smallest absolute Gasteiger partial charge is 0.258 e. The first-order valence-electron chi connectivity index (χ1n) is 14.0. The van der Waals surface area contributed by atoms with Gasteiger partial charge in [-0.25, -0.2) is 4.68 Å². The number of fused-ring (bicyclic) bond motifs is 1. The number of likely N-dealkylation sites (tertiary alicyclic amines) is 1. The average molecular weight is 536 g/mol. The van der Waals surface area contributed by atoms with Crippen molar-refractivity contribution in [1.29, 1.82) is 0 Å². The number of amides is 3. The van der Waals surface area contributed by atoms with E-state index in [4.69, 9.17) is 10.8 Å². The number of primary amides is 1. The van der Waals surface area contributed by atoms with Crippen LogP contribution in [0.4, 0.5) is 5.69 Å². The summed E-state index contributed by atoms with van der Waals surface area (Å²) < 4.78 is 1.87. The first-order valence-corrected chi connectivity index (χ1v) is 14.0. The fourth-order valence-electron chi connectivity index (χ4n) is 5.82. The molecule has 3 heterocycles. The number of carbonyl (C=O) groups is 3. The molecule has 1 aliphatic carbocycles. The Balaban J connectivity index is 1.39. The summed E-state index contributed by atoms with van der Waals surface area (Å²) in [6.07, 6.45) is 4.78. The molecular weight excluding hydrogens is 494 g/mol. The van der Waals surface area contributed by atoms with E-state index in [1.165, 1.54) is 12.8 Å². The SMILES string of the molecule is Cc1nn(-c2ccc(C(N)=O)c(NC3CCN(CC(=O)N(C)C)CC3)c2)c2c1C(=O)N(CC1CC1)C(C)(C)C2. The number of piperidine rings is 1. The third kappa shape index (κ3) is 5.52. The van der Waals surface area contributed by atoms with Crippen molar-refractivity contribution < 1.29 is 14.4 Å². The molecule has 0 bridgehead atoms. The maximum atomic E-state index is 13.6. The summed E-state index contributed by atoms with van der Waals surface area (Å²) >= 11 is 0. The monoisotopic (exact) mass is 535 g/mol. The van der Waals surface area contributed by atoms with Gasteiger partial charge in [0.2, 0.25) is 5.91 Å². The maximum absolute atomic E-state index is 13.6. The van der Waals surface area contributed by atoms with Crippen molar-refractivity contribution in [2.75, 3.05) is 45.6 Å². The van der Waals surface area contributed by atoms with Crippen LogP contribution in [0, 0.1) is 12.8 Å². The first-order chi connectivity index (χ1) is 18.4. The van der Waals surface area contributed by atoms with Gasteiger partial charge in [0.1, 0.15) is 0 Å². The molecule has 1 saturated carbocycles. The zero-order valence-corrected chi connectivity index (χ0v) is 23.8. The molecule has 2 aromatic rings. The van der Waals surface area contributed by atoms with Crippen LogP contribution in [-0.4, -0.2) is 94.1 Å². The summed E-state index contributed by atoms with van der Waals surface area (Å²) in [7, 11) is 3.54. The van der Waals surface area contributed by atoms with Gasteiger partial charge in [0.25, 0.3) is 11.8 Å². The summed E-state index contributed by atoms with van der Waals surface area (Å²) in [6.45, 7) is 8.96. The lowest BCUT2D eigenvalue weighted by Gasteiger charge is -2.42. The van der Waals surface area contributed by atoms with Crippen LogP contribution in [-0.2, 0) is 11.2 Å². The summed E-state index contributed by atoms with van der Waals surface area (Å²) in [5, 5.41) is 8.35. The van der Waals surface area contributed by atoms with Gasteiger partial charge in [0.05, 0.1) is 34.7 Å². The molecule has 1 aromatic carbocycles. The zero-order chi connectivity index (χ0) is 28.1. The van der Waals surface area contributed by atoms with E-state index in [9.17, 15) is 14.4 Å². The summed E-state index contributed by atoms with van der Waals surface area (Å²) in [5.41, 5.74) is 9.64. The normalized spacial score (nSPS) is 19.6. The van der Waals surface area contributed by atoms with Gasteiger partial charge >= 0.3 is 0 Å². The van der Waals surface area contributed by atoms with Crippen LogP contribution in [0.1, 0.15) is 71.6 Å². The molecule has 2 fully saturated rings. The number of benzene rings is 1. The number of nitrogens with two attached hydrogens (primary N) is 1. The Kier molecular flexibility index (Phi) is 7.17. The lowest BCUT2D eigenvalue weighted by molar-refractivity contribution is -0.130. The highest BCUT2D eigenvalue weighted by Gasteiger charge is 2.43. The van der Waals surface area contributed by atoms with E-state index >= 15 is 0 Å². The van der Waals surface area contributed by atoms with Crippen LogP contribution >= 0.6 is 0 Å². The van der Waals surface area contributed by atoms with Crippen molar-refractivity contribution in [3.05, 3.63) is 40.7 Å². The Morgan fingerprint density at radius 3 is 2.46 bits per heavy atom. The van der Waals surface area contributed by atoms with Crippen molar-refractivity contribution >= 4 is 23.4 Å². The molecule has 0 spiro atoms. The van der Waals surface area contributed by atoms with Crippen molar-refractivity contribution in [2.24, 2.45) is 11.7 Å². The van der Waals surface area contributed by atoms with E-state index < -0.39 is 5.91 Å². The van der Waals surface area contributed by atoms with Crippen LogP contribution in [0.25, 0.3) is 5.69 Å². The van der Waals surface area contributed by atoms with Gasteiger partial charge in [-0.15, -0.1) is 0 Å². The number of carbonyl (C=O) groups excluding carboxylic acids is 3. The van der Waals surface area contributed by atoms with Crippen LogP contribution in [0.5, 0.6) is 0 Å². The first kappa shape index (κ1) is 27.2. The van der Waals surface area contributed by atoms with Crippen LogP contribution in [0.3, 0.4) is 0 Å². The van der Waals surface area contributed by atoms with Gasteiger partial charge in [-0.2, -0.15) is 5.10 Å². The maximum Gasteiger partial charge on any atom is 0.258 e. The molecule has 210 valence electrons. The molecule has 39 heavy (non-hydrogen) atoms. The Bertz CT molecular complexity index is 1290. The van der Waals surface area contributed by atoms with Crippen molar-refractivity contribution in [3.8, 4) is 5.69 Å². The second-order valence-electron chi connectivity index (χ2n) is 12.2. The quantitative estimate of drug-likeness (QED) is 0.536. The molecule has 10 heteroatoms. The molecule has 1 aromatic heterocycles. The molecule has 3 amide bonds. The van der Waals surface area contributed by atoms with Crippen molar-refractivity contribution in [2.45, 2.75) is 64.5 Å². The Morgan fingerprint density at radius 1 is 1.15 bits per heavy atom. The molecule has 0 unspecified atom stereocenters. The highest BCUT2D eigenvalue weighted by molar-refractivity contribution is 6.00. The highest BCUT2D eigenvalue weighted by atomic mass is 16.2. The Morgan fingerprint density at radius 2 is 1.85 bits per heavy atom. The number of aryl methyl sites for hydroxylation is 1. The Labute approximate surface area is 230 Å². The van der Waals surface area contributed by atoms with Gasteiger partial charge in [0.15, 0.2) is 0 Å². The lowest BCUT2D eigenvalue weighted by atomic mass is 9.87. The minimum Gasteiger partial charge on any atom is -0.382 e. The average Bonchev–Trinajstić information content (AvgIpc) is 3.64. The third-order valence-corrected chi connectivity index (χ3v) is 8.40. The van der Waals surface area contributed by atoms with E-state index in [2.05, 4.69) is 24.1 Å². The van der Waals surface area contributed by atoms with Crippen molar-refractivity contribution in [3.63, 3.8) is 0 Å². The number of hydrogen-bond donors (Lipinski definition) is 2. The van der Waals surface area contributed by atoms with E-state index in [0.29, 0.717) is 35.7 Å². The standard InChI is InChI=1S/C29H41N7O3/c1-18-26-24(15-29(2,3)35(28(26)39)16-19-6-7-19)36(32-18)21-8-9-22(27(30)38)23(14-21)31-20-10-12-34(13-11-20)17-25(37)33(4)5/h8-9,14,19-20,31H,6-7,10-13,15-17H2,1-5H3,(H2,30,38). The van der Waals surface area contributed by atoms with Gasteiger partial charge in [-0.3, -0.25) is 19.3 Å². The molecule has 0 radical (unpaired) electrons. The predicted molar refractivity (Wildman–Crippen MR) is 150 cm³/mol. The van der Waals surface area contributed by atoms with Crippen LogP contribution in [0.2, 0.25) is 0 Å². The van der Waals surface area contributed by atoms with E-state index in [-0.39, 0.29) is 23.4 Å². The molecule has 0 atom stereocenters. The molecule has 3 aliphatic rings. The van der Waals surface area contributed by atoms with Crippen LogP contribution < -0.4 is 11.1 Å². The number of nitrogens with one attached hydrogen (secondary N) is 1. The highest BCUT2D eigenvalue weighted by Crippen LogP contribution is 2.38. The van der Waals surface area contributed by atoms with E-state index in [0.717, 1.165) is 49.6 Å². The minimum absolute atomic E-state index is 0.0588. The molecule has 5 rings (SSSR count). The van der Waals surface area contributed by atoms with E-state index in [1.807, 2.05) is 28.6 Å². The number of anilines is 1. The number of nitrogens with zero attached hydrogens (tertiary/aromatic N) is 5. The second kappa shape index (κ2) is 10.3. The van der Waals surface area contributed by atoms with Gasteiger partial charge in [-0.1, -0.05) is 0 Å². The fraction of sp³-hybridized carbons (Fsp3) is 0.586. The molecule has 1 saturated heterocycles. The number of hydrogen-bond acceptors (Lipinski definition) is 6. The number of aromatic nitrogens is 2. The topological polar surface area (TPSA) is 117 Å². The van der Waals surface area contributed by atoms with Gasteiger partial charge in [0, 0.05) is 57.4 Å². The molecular formula is C29H41N7O3. The van der Waals surface area contributed by atoms with Crippen molar-refractivity contribution in [1.82, 2.24) is 24.5 Å². The van der Waals surface area contributed by atoms with Gasteiger partial charge in [-0.05, 0) is 70.6 Å². The number of likely N-dealkylation sites (N-methyl/N-ethyl adjacent to an activating group) is 1. The van der Waals surface area contributed by atoms with E-state index in [1.54, 1.807) is 25.1 Å². The zero-order valence-electron chi connectivity index (χ0n) is 23.8. The molecule has 10 nitrogen and oxygen atoms in total. The minimum atomic E-state index is -0.497. The lowest BCUT2D eigenvalue weighted by Crippen LogP contribution is -2.53.